The van der Waals surface area contributed by atoms with Crippen LogP contribution in [0.5, 0.6) is 0 Å². The van der Waals surface area contributed by atoms with E-state index in [4.69, 9.17) is 9.47 Å². The van der Waals surface area contributed by atoms with Gasteiger partial charge in [-0.1, -0.05) is 31.9 Å². The van der Waals surface area contributed by atoms with Crippen LogP contribution in [0, 0.1) is 0 Å². The lowest BCUT2D eigenvalue weighted by Gasteiger charge is -2.23. The minimum Gasteiger partial charge on any atom is -0.380 e. The smallest absolute Gasteiger partial charge is 0.254 e. The largest absolute Gasteiger partial charge is 0.380 e. The van der Waals surface area contributed by atoms with Gasteiger partial charge < -0.3 is 14.4 Å². The van der Waals surface area contributed by atoms with E-state index in [2.05, 4.69) is 31.9 Å². The molecule has 21 heavy (non-hydrogen) atoms. The Morgan fingerprint density at radius 2 is 1.48 bits per heavy atom. The second-order valence-corrected chi connectivity index (χ2v) is 6.18. The van der Waals surface area contributed by atoms with Gasteiger partial charge in [0.25, 0.3) is 5.91 Å². The fraction of sp³-hybridized carbons (Fsp3) is 0.533. The van der Waals surface area contributed by atoms with Crippen LogP contribution in [0.25, 0.3) is 0 Å². The monoisotopic (exact) mass is 421 g/mol. The summed E-state index contributed by atoms with van der Waals surface area (Å²) in [7, 11) is 0. The number of hydrogen-bond acceptors (Lipinski definition) is 3. The van der Waals surface area contributed by atoms with Crippen molar-refractivity contribution in [2.24, 2.45) is 0 Å². The van der Waals surface area contributed by atoms with Crippen molar-refractivity contribution in [1.29, 1.82) is 0 Å². The summed E-state index contributed by atoms with van der Waals surface area (Å²) in [6.45, 7) is 7.36. The molecule has 0 bridgehead atoms. The second-order valence-electron chi connectivity index (χ2n) is 4.34. The van der Waals surface area contributed by atoms with E-state index < -0.39 is 0 Å². The standard InChI is InChI=1S/C15H21Br2NO3/c1-3-20-7-5-18(6-8-21-4-2)15(19)12-9-13(16)11-14(17)10-12/h9-11H,3-8H2,1-2H3. The Bertz CT molecular complexity index is 424. The van der Waals surface area contributed by atoms with Crippen LogP contribution in [0.1, 0.15) is 24.2 Å². The molecule has 0 N–H and O–H groups in total. The van der Waals surface area contributed by atoms with Crippen LogP contribution in [0.2, 0.25) is 0 Å². The van der Waals surface area contributed by atoms with Crippen molar-refractivity contribution < 1.29 is 14.3 Å². The molecule has 0 aliphatic rings. The van der Waals surface area contributed by atoms with Crippen LogP contribution in [0.3, 0.4) is 0 Å². The second kappa shape index (κ2) is 10.3. The molecule has 1 aromatic carbocycles. The van der Waals surface area contributed by atoms with Gasteiger partial charge in [0.1, 0.15) is 0 Å². The quantitative estimate of drug-likeness (QED) is 0.569. The molecule has 0 unspecified atom stereocenters. The molecule has 118 valence electrons. The van der Waals surface area contributed by atoms with Crippen molar-refractivity contribution in [3.05, 3.63) is 32.7 Å². The first-order chi connectivity index (χ1) is 10.1. The summed E-state index contributed by atoms with van der Waals surface area (Å²) in [4.78, 5) is 14.4. The molecular formula is C15H21Br2NO3. The minimum atomic E-state index is -0.0172. The molecule has 0 fully saturated rings. The van der Waals surface area contributed by atoms with Crippen LogP contribution >= 0.6 is 31.9 Å². The highest BCUT2D eigenvalue weighted by Crippen LogP contribution is 2.21. The van der Waals surface area contributed by atoms with Crippen molar-refractivity contribution in [3.63, 3.8) is 0 Å². The van der Waals surface area contributed by atoms with Crippen LogP contribution in [0.15, 0.2) is 27.1 Å². The van der Waals surface area contributed by atoms with E-state index in [1.54, 1.807) is 4.90 Å². The molecule has 6 heteroatoms. The Kier molecular flexibility index (Phi) is 9.15. The Morgan fingerprint density at radius 3 is 1.90 bits per heavy atom. The molecule has 0 spiro atoms. The maximum absolute atomic E-state index is 12.6. The molecule has 0 aromatic heterocycles. The van der Waals surface area contributed by atoms with Gasteiger partial charge >= 0.3 is 0 Å². The fourth-order valence-corrected chi connectivity index (χ4v) is 3.11. The molecule has 0 radical (unpaired) electrons. The Balaban J connectivity index is 2.76. The van der Waals surface area contributed by atoms with Crippen molar-refractivity contribution >= 4 is 37.8 Å². The lowest BCUT2D eigenvalue weighted by molar-refractivity contribution is 0.0550. The highest BCUT2D eigenvalue weighted by molar-refractivity contribution is 9.11. The third-order valence-corrected chi connectivity index (χ3v) is 3.73. The Labute approximate surface area is 143 Å². The summed E-state index contributed by atoms with van der Waals surface area (Å²) < 4.78 is 12.4. The zero-order valence-corrected chi connectivity index (χ0v) is 15.6. The van der Waals surface area contributed by atoms with Crippen molar-refractivity contribution in [1.82, 2.24) is 4.90 Å². The summed E-state index contributed by atoms with van der Waals surface area (Å²) in [5.74, 6) is -0.0172. The Morgan fingerprint density at radius 1 is 1.00 bits per heavy atom. The van der Waals surface area contributed by atoms with Crippen molar-refractivity contribution in [2.45, 2.75) is 13.8 Å². The number of amides is 1. The topological polar surface area (TPSA) is 38.8 Å². The number of ether oxygens (including phenoxy) is 2. The molecule has 1 amide bonds. The lowest BCUT2D eigenvalue weighted by Crippen LogP contribution is -2.36. The SMILES string of the molecule is CCOCCN(CCOCC)C(=O)c1cc(Br)cc(Br)c1. The summed E-state index contributed by atoms with van der Waals surface area (Å²) in [6, 6.07) is 5.55. The molecule has 0 saturated carbocycles. The van der Waals surface area contributed by atoms with Gasteiger partial charge in [-0.3, -0.25) is 4.79 Å². The maximum Gasteiger partial charge on any atom is 0.254 e. The van der Waals surface area contributed by atoms with E-state index in [0.717, 1.165) is 8.95 Å². The lowest BCUT2D eigenvalue weighted by atomic mass is 10.2. The van der Waals surface area contributed by atoms with E-state index in [9.17, 15) is 4.79 Å². The summed E-state index contributed by atoms with van der Waals surface area (Å²) in [5.41, 5.74) is 0.643. The molecular weight excluding hydrogens is 402 g/mol. The first kappa shape index (κ1) is 18.6. The number of carbonyl (C=O) groups is 1. The van der Waals surface area contributed by atoms with Crippen LogP contribution in [-0.2, 0) is 9.47 Å². The number of rotatable bonds is 9. The van der Waals surface area contributed by atoms with Crippen molar-refractivity contribution in [3.8, 4) is 0 Å². The van der Waals surface area contributed by atoms with Crippen LogP contribution in [-0.4, -0.2) is 50.3 Å². The fourth-order valence-electron chi connectivity index (χ4n) is 1.81. The first-order valence-electron chi connectivity index (χ1n) is 6.99. The molecule has 0 aliphatic heterocycles. The predicted octanol–water partition coefficient (Wildman–Crippen LogP) is 3.73. The summed E-state index contributed by atoms with van der Waals surface area (Å²) >= 11 is 6.82. The highest BCUT2D eigenvalue weighted by Gasteiger charge is 2.16. The Hall–Kier alpha value is -0.430. The molecule has 0 aliphatic carbocycles. The van der Waals surface area contributed by atoms with Crippen LogP contribution < -0.4 is 0 Å². The van der Waals surface area contributed by atoms with E-state index in [0.29, 0.717) is 45.1 Å². The van der Waals surface area contributed by atoms with Gasteiger partial charge in [-0.2, -0.15) is 0 Å². The molecule has 0 saturated heterocycles. The zero-order chi connectivity index (χ0) is 15.7. The van der Waals surface area contributed by atoms with E-state index in [1.807, 2.05) is 32.0 Å². The average molecular weight is 423 g/mol. The van der Waals surface area contributed by atoms with Gasteiger partial charge in [-0.25, -0.2) is 0 Å². The van der Waals surface area contributed by atoms with E-state index >= 15 is 0 Å². The normalized spacial score (nSPS) is 10.7. The number of benzene rings is 1. The third kappa shape index (κ3) is 6.91. The maximum atomic E-state index is 12.6. The van der Waals surface area contributed by atoms with Crippen LogP contribution in [0.4, 0.5) is 0 Å². The molecule has 0 atom stereocenters. The van der Waals surface area contributed by atoms with Gasteiger partial charge in [0.2, 0.25) is 0 Å². The van der Waals surface area contributed by atoms with Gasteiger partial charge in [0.05, 0.1) is 13.2 Å². The number of carbonyl (C=O) groups excluding carboxylic acids is 1. The minimum absolute atomic E-state index is 0.0172. The molecule has 4 nitrogen and oxygen atoms in total. The average Bonchev–Trinajstić information content (AvgIpc) is 2.44. The predicted molar refractivity (Wildman–Crippen MR) is 90.7 cm³/mol. The van der Waals surface area contributed by atoms with Gasteiger partial charge in [0, 0.05) is 40.8 Å². The zero-order valence-electron chi connectivity index (χ0n) is 12.4. The van der Waals surface area contributed by atoms with Gasteiger partial charge in [-0.05, 0) is 32.0 Å². The van der Waals surface area contributed by atoms with Gasteiger partial charge in [0.15, 0.2) is 0 Å². The molecule has 1 rings (SSSR count). The molecule has 1 aromatic rings. The summed E-state index contributed by atoms with van der Waals surface area (Å²) in [5, 5.41) is 0. The highest BCUT2D eigenvalue weighted by atomic mass is 79.9. The van der Waals surface area contributed by atoms with E-state index in [1.165, 1.54) is 0 Å². The van der Waals surface area contributed by atoms with Gasteiger partial charge in [-0.15, -0.1) is 0 Å². The molecule has 0 heterocycles. The van der Waals surface area contributed by atoms with E-state index in [-0.39, 0.29) is 5.91 Å². The number of nitrogens with zero attached hydrogens (tertiary/aromatic N) is 1. The van der Waals surface area contributed by atoms with Crippen molar-refractivity contribution in [2.75, 3.05) is 39.5 Å². The number of halogens is 2. The first-order valence-corrected chi connectivity index (χ1v) is 8.58. The number of hydrogen-bond donors (Lipinski definition) is 0. The summed E-state index contributed by atoms with van der Waals surface area (Å²) in [6.07, 6.45) is 0. The third-order valence-electron chi connectivity index (χ3n) is 2.82.